The minimum atomic E-state index is 0.618. The van der Waals surface area contributed by atoms with Crippen molar-refractivity contribution in [3.05, 3.63) is 175 Å². The zero-order valence-electron chi connectivity index (χ0n) is 28.4. The van der Waals surface area contributed by atoms with E-state index in [0.717, 1.165) is 62.5 Å². The van der Waals surface area contributed by atoms with E-state index in [1.165, 1.54) is 33.0 Å². The number of hydrogen-bond donors (Lipinski definition) is 0. The van der Waals surface area contributed by atoms with Crippen LogP contribution in [0.5, 0.6) is 0 Å². The Balaban J connectivity index is 1.20. The van der Waals surface area contributed by atoms with Crippen LogP contribution < -0.4 is 0 Å². The molecule has 52 heavy (non-hydrogen) atoms. The first-order valence-corrected chi connectivity index (χ1v) is 17.8. The Morgan fingerprint density at radius 1 is 0.423 bits per heavy atom. The van der Waals surface area contributed by atoms with Gasteiger partial charge >= 0.3 is 0 Å². The Bertz CT molecular complexity index is 2840. The molecule has 7 aromatic carbocycles. The van der Waals surface area contributed by atoms with E-state index in [-0.39, 0.29) is 0 Å². The molecule has 0 atom stereocenters. The normalized spacial score (nSPS) is 12.4. The van der Waals surface area contributed by atoms with E-state index in [2.05, 4.69) is 164 Å². The maximum absolute atomic E-state index is 5.36. The van der Waals surface area contributed by atoms with Crippen molar-refractivity contribution >= 4 is 38.5 Å². The molecule has 9 aromatic rings. The molecule has 10 rings (SSSR count). The molecule has 4 nitrogen and oxygen atoms in total. The van der Waals surface area contributed by atoms with Gasteiger partial charge in [0.15, 0.2) is 17.5 Å². The van der Waals surface area contributed by atoms with Gasteiger partial charge < -0.3 is 0 Å². The van der Waals surface area contributed by atoms with Gasteiger partial charge in [0.05, 0.1) is 11.2 Å². The SMILES string of the molecule is C1=Cc2ccc(-c3nc(-c4ccc5ccccc5c4)nc(-c4ccc5c(c4)nc(-c4ccccc4)c4cccc(-c6ccccc6)c45)n3)cc2CC1. The summed E-state index contributed by atoms with van der Waals surface area (Å²) < 4.78 is 0. The number of aryl methyl sites for hydroxylation is 1. The zero-order valence-corrected chi connectivity index (χ0v) is 28.4. The van der Waals surface area contributed by atoms with Gasteiger partial charge in [0.25, 0.3) is 0 Å². The first kappa shape index (κ1) is 30.1. The van der Waals surface area contributed by atoms with Crippen LogP contribution in [0.15, 0.2) is 164 Å². The summed E-state index contributed by atoms with van der Waals surface area (Å²) in [4.78, 5) is 20.8. The summed E-state index contributed by atoms with van der Waals surface area (Å²) in [6.45, 7) is 0. The van der Waals surface area contributed by atoms with E-state index in [1.807, 2.05) is 6.07 Å². The highest BCUT2D eigenvalue weighted by atomic mass is 15.0. The van der Waals surface area contributed by atoms with Crippen molar-refractivity contribution < 1.29 is 0 Å². The van der Waals surface area contributed by atoms with Gasteiger partial charge in [-0.25, -0.2) is 19.9 Å². The van der Waals surface area contributed by atoms with Crippen LogP contribution >= 0.6 is 0 Å². The molecular formula is C48H32N4. The topological polar surface area (TPSA) is 51.6 Å². The van der Waals surface area contributed by atoms with Gasteiger partial charge in [0, 0.05) is 38.4 Å². The van der Waals surface area contributed by atoms with Crippen LogP contribution in [0.1, 0.15) is 17.5 Å². The molecule has 4 heteroatoms. The summed E-state index contributed by atoms with van der Waals surface area (Å²) >= 11 is 0. The van der Waals surface area contributed by atoms with E-state index in [1.54, 1.807) is 0 Å². The van der Waals surface area contributed by atoms with Crippen LogP contribution in [-0.4, -0.2) is 19.9 Å². The molecule has 1 aliphatic rings. The summed E-state index contributed by atoms with van der Waals surface area (Å²) in [5.41, 5.74) is 10.7. The Morgan fingerprint density at radius 2 is 1.08 bits per heavy atom. The molecule has 0 unspecified atom stereocenters. The van der Waals surface area contributed by atoms with E-state index >= 15 is 0 Å². The number of benzene rings is 7. The lowest BCUT2D eigenvalue weighted by Crippen LogP contribution is -2.02. The summed E-state index contributed by atoms with van der Waals surface area (Å²) in [5.74, 6) is 1.92. The quantitative estimate of drug-likeness (QED) is 0.172. The lowest BCUT2D eigenvalue weighted by Gasteiger charge is -2.15. The molecule has 1 aliphatic carbocycles. The highest BCUT2D eigenvalue weighted by molar-refractivity contribution is 6.17. The summed E-state index contributed by atoms with van der Waals surface area (Å²) in [6, 6.07) is 55.4. The number of rotatable bonds is 5. The third-order valence-corrected chi connectivity index (χ3v) is 10.1. The van der Waals surface area contributed by atoms with Crippen molar-refractivity contribution in [3.63, 3.8) is 0 Å². The van der Waals surface area contributed by atoms with Gasteiger partial charge in [-0.15, -0.1) is 0 Å². The Morgan fingerprint density at radius 3 is 1.87 bits per heavy atom. The van der Waals surface area contributed by atoms with Gasteiger partial charge in [0.2, 0.25) is 0 Å². The van der Waals surface area contributed by atoms with E-state index in [4.69, 9.17) is 19.9 Å². The van der Waals surface area contributed by atoms with Crippen molar-refractivity contribution in [3.8, 4) is 56.5 Å². The lowest BCUT2D eigenvalue weighted by molar-refractivity contribution is 0.984. The Labute approximate surface area is 301 Å². The van der Waals surface area contributed by atoms with Crippen LogP contribution in [0.3, 0.4) is 0 Å². The van der Waals surface area contributed by atoms with E-state index in [0.29, 0.717) is 17.5 Å². The average Bonchev–Trinajstić information content (AvgIpc) is 3.23. The van der Waals surface area contributed by atoms with Crippen LogP contribution in [0.2, 0.25) is 0 Å². The molecule has 2 heterocycles. The third-order valence-electron chi connectivity index (χ3n) is 10.1. The lowest BCUT2D eigenvalue weighted by atomic mass is 9.92. The van der Waals surface area contributed by atoms with Crippen molar-refractivity contribution in [2.45, 2.75) is 12.8 Å². The van der Waals surface area contributed by atoms with Gasteiger partial charge in [-0.1, -0.05) is 152 Å². The minimum Gasteiger partial charge on any atom is -0.247 e. The van der Waals surface area contributed by atoms with Gasteiger partial charge in [-0.2, -0.15) is 0 Å². The number of allylic oxidation sites excluding steroid dienone is 1. The van der Waals surface area contributed by atoms with Gasteiger partial charge in [0.1, 0.15) is 0 Å². The second-order valence-electron chi connectivity index (χ2n) is 13.4. The molecule has 0 fully saturated rings. The minimum absolute atomic E-state index is 0.618. The van der Waals surface area contributed by atoms with E-state index < -0.39 is 0 Å². The molecule has 0 N–H and O–H groups in total. The first-order valence-electron chi connectivity index (χ1n) is 17.8. The molecule has 0 saturated carbocycles. The Hall–Kier alpha value is -6.78. The first-order chi connectivity index (χ1) is 25.7. The van der Waals surface area contributed by atoms with Gasteiger partial charge in [-0.05, 0) is 64.1 Å². The summed E-state index contributed by atoms with van der Waals surface area (Å²) in [5, 5.41) is 5.72. The molecule has 0 spiro atoms. The number of pyridine rings is 1. The van der Waals surface area contributed by atoms with Crippen molar-refractivity contribution in [2.75, 3.05) is 0 Å². The smallest absolute Gasteiger partial charge is 0.164 e. The second-order valence-corrected chi connectivity index (χ2v) is 13.4. The fourth-order valence-corrected chi connectivity index (χ4v) is 7.53. The fourth-order valence-electron chi connectivity index (χ4n) is 7.53. The highest BCUT2D eigenvalue weighted by Crippen LogP contribution is 2.40. The summed E-state index contributed by atoms with van der Waals surface area (Å²) in [7, 11) is 0. The zero-order chi connectivity index (χ0) is 34.4. The molecular weight excluding hydrogens is 633 g/mol. The number of nitrogens with zero attached hydrogens (tertiary/aromatic N) is 4. The number of hydrogen-bond acceptors (Lipinski definition) is 4. The average molecular weight is 665 g/mol. The molecule has 0 saturated heterocycles. The van der Waals surface area contributed by atoms with Crippen molar-refractivity contribution in [1.82, 2.24) is 19.9 Å². The standard InChI is InChI=1S/C48H32N4/c1-3-14-33(15-4-1)40-20-11-21-42-44(40)41-27-26-39(30-43(41)49-45(42)34-16-5-2-6-17-34)48-51-46(37-24-22-31-12-7-9-18-35(31)28-37)50-47(52-48)38-25-23-32-13-8-10-19-36(32)29-38/h1-9,11-18,20-30H,10,19H2. The van der Waals surface area contributed by atoms with Crippen LogP contribution in [0.4, 0.5) is 0 Å². The fraction of sp³-hybridized carbons (Fsp3) is 0.0417. The monoisotopic (exact) mass is 664 g/mol. The molecule has 0 radical (unpaired) electrons. The molecule has 244 valence electrons. The van der Waals surface area contributed by atoms with E-state index in [9.17, 15) is 0 Å². The second kappa shape index (κ2) is 12.5. The maximum atomic E-state index is 5.36. The van der Waals surface area contributed by atoms with Gasteiger partial charge in [-0.3, -0.25) is 0 Å². The van der Waals surface area contributed by atoms with Crippen LogP contribution in [-0.2, 0) is 6.42 Å². The highest BCUT2D eigenvalue weighted by Gasteiger charge is 2.18. The molecule has 0 bridgehead atoms. The predicted molar refractivity (Wildman–Crippen MR) is 215 cm³/mol. The van der Waals surface area contributed by atoms with Crippen LogP contribution in [0, 0.1) is 0 Å². The van der Waals surface area contributed by atoms with Crippen molar-refractivity contribution in [1.29, 1.82) is 0 Å². The Kier molecular flexibility index (Phi) is 7.24. The molecule has 0 amide bonds. The predicted octanol–water partition coefficient (Wildman–Crippen LogP) is 12.0. The number of aromatic nitrogens is 4. The number of fused-ring (bicyclic) bond motifs is 5. The molecule has 2 aromatic heterocycles. The maximum Gasteiger partial charge on any atom is 0.164 e. The summed E-state index contributed by atoms with van der Waals surface area (Å²) in [6.07, 6.45) is 6.50. The van der Waals surface area contributed by atoms with Crippen molar-refractivity contribution in [2.24, 2.45) is 0 Å². The third kappa shape index (κ3) is 5.33. The van der Waals surface area contributed by atoms with Crippen LogP contribution in [0.25, 0.3) is 95.1 Å². The molecule has 0 aliphatic heterocycles. The largest absolute Gasteiger partial charge is 0.247 e.